The van der Waals surface area contributed by atoms with Gasteiger partial charge in [-0.25, -0.2) is 10.4 Å². The number of nitriles is 1. The lowest BCUT2D eigenvalue weighted by Gasteiger charge is -2.17. The lowest BCUT2D eigenvalue weighted by Crippen LogP contribution is -2.34. The van der Waals surface area contributed by atoms with Crippen molar-refractivity contribution in [1.29, 1.82) is 5.26 Å². The van der Waals surface area contributed by atoms with E-state index in [2.05, 4.69) is 0 Å². The summed E-state index contributed by atoms with van der Waals surface area (Å²) in [5.74, 6) is 1.97. The van der Waals surface area contributed by atoms with Crippen molar-refractivity contribution in [3.63, 3.8) is 0 Å². The maximum absolute atomic E-state index is 8.99. The summed E-state index contributed by atoms with van der Waals surface area (Å²) in [5.41, 5.74) is 2.24. The Morgan fingerprint density at radius 1 is 1.47 bits per heavy atom. The first-order valence-corrected chi connectivity index (χ1v) is 5.25. The molecule has 1 unspecified atom stereocenters. The van der Waals surface area contributed by atoms with E-state index < -0.39 is 0 Å². The smallest absolute Gasteiger partial charge is 0.270 e. The van der Waals surface area contributed by atoms with E-state index in [4.69, 9.17) is 10.7 Å². The van der Waals surface area contributed by atoms with Crippen LogP contribution in [0, 0.1) is 11.3 Å². The maximum Gasteiger partial charge on any atom is 0.270 e. The molecule has 2 rings (SSSR count). The molecule has 0 spiro atoms. The third kappa shape index (κ3) is 1.63. The molecule has 0 aromatic heterocycles. The van der Waals surface area contributed by atoms with Gasteiger partial charge < -0.3 is 10.3 Å². The van der Waals surface area contributed by atoms with Gasteiger partial charge >= 0.3 is 0 Å². The highest BCUT2D eigenvalue weighted by atomic mass is 15.3. The zero-order valence-corrected chi connectivity index (χ0v) is 9.75. The molecule has 1 aliphatic carbocycles. The highest BCUT2D eigenvalue weighted by molar-refractivity contribution is 6.06. The van der Waals surface area contributed by atoms with E-state index in [9.17, 15) is 0 Å². The van der Waals surface area contributed by atoms with Crippen LogP contribution in [0.5, 0.6) is 0 Å². The van der Waals surface area contributed by atoms with Crippen LogP contribution in [0.1, 0.15) is 0 Å². The molecule has 1 heterocycles. The Kier molecular flexibility index (Phi) is 2.78. The molecule has 0 saturated heterocycles. The third-order valence-electron chi connectivity index (χ3n) is 2.99. The van der Waals surface area contributed by atoms with E-state index in [-0.39, 0.29) is 11.7 Å². The van der Waals surface area contributed by atoms with Crippen molar-refractivity contribution in [1.82, 2.24) is 4.90 Å². The lowest BCUT2D eigenvalue weighted by molar-refractivity contribution is -0.536. The minimum atomic E-state index is -0.303. The van der Waals surface area contributed by atoms with Gasteiger partial charge in [0.05, 0.1) is 0 Å². The van der Waals surface area contributed by atoms with Crippen molar-refractivity contribution in [2.75, 3.05) is 14.1 Å². The van der Waals surface area contributed by atoms with Crippen molar-refractivity contribution in [3.05, 3.63) is 47.1 Å². The Labute approximate surface area is 100 Å². The fourth-order valence-corrected chi connectivity index (χ4v) is 2.18. The molecule has 0 fully saturated rings. The van der Waals surface area contributed by atoms with Crippen molar-refractivity contribution in [2.45, 2.75) is 6.17 Å². The Morgan fingerprint density at radius 3 is 2.88 bits per heavy atom. The minimum absolute atomic E-state index is 0.203. The van der Waals surface area contributed by atoms with Crippen LogP contribution in [-0.4, -0.2) is 41.3 Å². The molecular formula is C13H12N4. The molecular weight excluding hydrogens is 212 g/mol. The average molecular weight is 224 g/mol. The van der Waals surface area contributed by atoms with E-state index in [1.54, 1.807) is 0 Å². The molecule has 84 valence electrons. The Hall–Kier alpha value is -2.37. The van der Waals surface area contributed by atoms with Gasteiger partial charge in [-0.2, -0.15) is 5.26 Å². The van der Waals surface area contributed by atoms with E-state index in [0.29, 0.717) is 0 Å². The van der Waals surface area contributed by atoms with E-state index >= 15 is 0 Å². The van der Waals surface area contributed by atoms with Gasteiger partial charge in [0.2, 0.25) is 5.71 Å². The topological polar surface area (TPSA) is 52.3 Å². The first-order chi connectivity index (χ1) is 8.20. The Morgan fingerprint density at radius 2 is 2.24 bits per heavy atom. The quantitative estimate of drug-likeness (QED) is 0.379. The van der Waals surface area contributed by atoms with Crippen LogP contribution in [0.4, 0.5) is 0 Å². The van der Waals surface area contributed by atoms with E-state index in [1.165, 1.54) is 0 Å². The predicted molar refractivity (Wildman–Crippen MR) is 66.6 cm³/mol. The Balaban J connectivity index is 2.56. The van der Waals surface area contributed by atoms with Crippen LogP contribution in [0.15, 0.2) is 41.7 Å². The van der Waals surface area contributed by atoms with Crippen LogP contribution in [0.2, 0.25) is 0 Å². The van der Waals surface area contributed by atoms with Gasteiger partial charge in [-0.3, -0.25) is 0 Å². The van der Waals surface area contributed by atoms with Crippen molar-refractivity contribution >= 4 is 11.6 Å². The number of fused-ring (bicyclic) bond motifs is 1. The fourth-order valence-electron chi connectivity index (χ4n) is 2.18. The van der Waals surface area contributed by atoms with Gasteiger partial charge in [0, 0.05) is 13.1 Å². The van der Waals surface area contributed by atoms with Crippen LogP contribution in [0.3, 0.4) is 0 Å². The molecule has 0 N–H and O–H groups in total. The highest BCUT2D eigenvalue weighted by Gasteiger charge is 2.40. The van der Waals surface area contributed by atoms with Crippen LogP contribution < -0.4 is 0 Å². The fraction of sp³-hybridized carbons (Fsp3) is 0.231. The summed E-state index contributed by atoms with van der Waals surface area (Å²) in [4.78, 5) is 1.94. The molecule has 4 heteroatoms. The van der Waals surface area contributed by atoms with Gasteiger partial charge in [-0.15, -0.1) is 0 Å². The van der Waals surface area contributed by atoms with E-state index in [0.717, 1.165) is 11.4 Å². The molecule has 1 atom stereocenters. The monoisotopic (exact) mass is 224 g/mol. The van der Waals surface area contributed by atoms with Crippen LogP contribution in [0.25, 0.3) is 5.41 Å². The molecule has 1 aliphatic heterocycles. The normalized spacial score (nSPS) is 21.6. The van der Waals surface area contributed by atoms with Gasteiger partial charge in [0.1, 0.15) is 24.4 Å². The number of allylic oxidation sites excluding steroid dienone is 5. The Bertz CT molecular complexity index is 563. The number of likely N-dealkylation sites (N-methyl/N-ethyl adjacent to an activating group) is 2. The first-order valence-electron chi connectivity index (χ1n) is 5.25. The molecule has 0 amide bonds. The van der Waals surface area contributed by atoms with Crippen molar-refractivity contribution in [3.8, 4) is 6.07 Å². The zero-order chi connectivity index (χ0) is 12.4. The molecule has 2 aliphatic rings. The lowest BCUT2D eigenvalue weighted by atomic mass is 10.2. The third-order valence-corrected chi connectivity index (χ3v) is 2.99. The summed E-state index contributed by atoms with van der Waals surface area (Å²) in [6.45, 7) is 0. The predicted octanol–water partition coefficient (Wildman–Crippen LogP) is 1.04. The van der Waals surface area contributed by atoms with Crippen LogP contribution >= 0.6 is 0 Å². The van der Waals surface area contributed by atoms with Gasteiger partial charge in [0.25, 0.3) is 6.17 Å². The molecule has 0 radical (unpaired) electrons. The van der Waals surface area contributed by atoms with Gasteiger partial charge in [-0.1, -0.05) is 18.2 Å². The summed E-state index contributed by atoms with van der Waals surface area (Å²) >= 11 is 0. The molecule has 0 aromatic rings. The first kappa shape index (κ1) is 11.1. The molecule has 0 saturated carbocycles. The summed E-state index contributed by atoms with van der Waals surface area (Å²) < 4.78 is 1.94. The largest absolute Gasteiger partial charge is 0.762 e. The SMILES string of the molecule is CN1C2=CC=CC=CC2=[N+](C)C1C(=C=[N-])C#N. The van der Waals surface area contributed by atoms with Gasteiger partial charge in [-0.05, 0) is 6.08 Å². The summed E-state index contributed by atoms with van der Waals surface area (Å²) in [5, 5.41) is 18.0. The van der Waals surface area contributed by atoms with Crippen molar-refractivity contribution in [2.24, 2.45) is 0 Å². The zero-order valence-electron chi connectivity index (χ0n) is 9.75. The summed E-state index contributed by atoms with van der Waals surface area (Å²) in [6, 6.07) is 1.97. The number of rotatable bonds is 1. The van der Waals surface area contributed by atoms with Gasteiger partial charge in [0.15, 0.2) is 0 Å². The minimum Gasteiger partial charge on any atom is -0.762 e. The molecule has 0 aromatic carbocycles. The second-order valence-corrected chi connectivity index (χ2v) is 3.91. The standard InChI is InChI=1S/C13H12N4/c1-16-11-6-4-3-5-7-12(11)17(2)13(16)10(8-14)9-15/h3-7,13H,1-2H3. The molecule has 4 nitrogen and oxygen atoms in total. The number of hydrogen-bond acceptors (Lipinski definition) is 2. The van der Waals surface area contributed by atoms with Crippen molar-refractivity contribution < 1.29 is 4.58 Å². The summed E-state index contributed by atoms with van der Waals surface area (Å²) in [7, 11) is 3.78. The molecule has 0 bridgehead atoms. The van der Waals surface area contributed by atoms with E-state index in [1.807, 2.05) is 65.9 Å². The summed E-state index contributed by atoms with van der Waals surface area (Å²) in [6.07, 6.45) is 9.51. The van der Waals surface area contributed by atoms with Crippen LogP contribution in [-0.2, 0) is 0 Å². The average Bonchev–Trinajstić information content (AvgIpc) is 2.54. The maximum atomic E-state index is 8.99. The second kappa shape index (κ2) is 4.25. The number of nitrogens with zero attached hydrogens (tertiary/aromatic N) is 4. The number of hydrogen-bond donors (Lipinski definition) is 0. The molecule has 17 heavy (non-hydrogen) atoms. The highest BCUT2D eigenvalue weighted by Crippen LogP contribution is 2.23. The second-order valence-electron chi connectivity index (χ2n) is 3.91.